The molecular weight excluding hydrogens is 232 g/mol. The summed E-state index contributed by atoms with van der Waals surface area (Å²) in [6, 6.07) is 3.42. The number of rotatable bonds is 2. The third-order valence-electron chi connectivity index (χ3n) is 1.47. The molecule has 0 radical (unpaired) electrons. The summed E-state index contributed by atoms with van der Waals surface area (Å²) >= 11 is 5.47. The van der Waals surface area contributed by atoms with E-state index in [-0.39, 0.29) is 5.02 Å². The SMILES string of the molecule is O=C(O)c1c(Cl)cccc1S(=O)(=O)O. The van der Waals surface area contributed by atoms with Gasteiger partial charge in [0.15, 0.2) is 0 Å². The average Bonchev–Trinajstić information content (AvgIpc) is 2.01. The van der Waals surface area contributed by atoms with Gasteiger partial charge < -0.3 is 5.11 Å². The Morgan fingerprint density at radius 2 is 1.93 bits per heavy atom. The van der Waals surface area contributed by atoms with Crippen LogP contribution in [0.1, 0.15) is 10.4 Å². The van der Waals surface area contributed by atoms with Crippen molar-refractivity contribution < 1.29 is 22.9 Å². The predicted octanol–water partition coefficient (Wildman–Crippen LogP) is 1.28. The number of halogens is 1. The molecule has 1 aromatic rings. The lowest BCUT2D eigenvalue weighted by atomic mass is 10.2. The van der Waals surface area contributed by atoms with Gasteiger partial charge in [0.05, 0.1) is 10.6 Å². The summed E-state index contributed by atoms with van der Waals surface area (Å²) in [4.78, 5) is 9.92. The van der Waals surface area contributed by atoms with Crippen molar-refractivity contribution in [1.29, 1.82) is 0 Å². The quantitative estimate of drug-likeness (QED) is 0.755. The second-order valence-electron chi connectivity index (χ2n) is 2.39. The van der Waals surface area contributed by atoms with Gasteiger partial charge in [0.25, 0.3) is 10.1 Å². The number of carbonyl (C=O) groups is 1. The third kappa shape index (κ3) is 2.03. The molecule has 0 spiro atoms. The zero-order valence-electron chi connectivity index (χ0n) is 6.64. The first-order valence-corrected chi connectivity index (χ1v) is 5.15. The van der Waals surface area contributed by atoms with Crippen molar-refractivity contribution >= 4 is 27.7 Å². The first kappa shape index (κ1) is 11.0. The average molecular weight is 237 g/mol. The van der Waals surface area contributed by atoms with Crippen molar-refractivity contribution in [2.75, 3.05) is 0 Å². The van der Waals surface area contributed by atoms with E-state index in [9.17, 15) is 13.2 Å². The molecule has 0 aromatic heterocycles. The molecule has 0 aliphatic rings. The lowest BCUT2D eigenvalue weighted by Crippen LogP contribution is -2.08. The smallest absolute Gasteiger partial charge is 0.338 e. The minimum Gasteiger partial charge on any atom is -0.478 e. The summed E-state index contributed by atoms with van der Waals surface area (Å²) in [5.74, 6) is -1.51. The van der Waals surface area contributed by atoms with Gasteiger partial charge in [0.2, 0.25) is 0 Å². The Hall–Kier alpha value is -1.11. The van der Waals surface area contributed by atoms with Gasteiger partial charge in [-0.2, -0.15) is 8.42 Å². The van der Waals surface area contributed by atoms with Crippen LogP contribution in [0, 0.1) is 0 Å². The van der Waals surface area contributed by atoms with Gasteiger partial charge in [0.1, 0.15) is 4.90 Å². The van der Waals surface area contributed by atoms with Gasteiger partial charge in [-0.05, 0) is 12.1 Å². The number of carboxylic acids is 1. The lowest BCUT2D eigenvalue weighted by Gasteiger charge is -2.03. The maximum absolute atomic E-state index is 10.7. The van der Waals surface area contributed by atoms with E-state index in [1.165, 1.54) is 12.1 Å². The van der Waals surface area contributed by atoms with E-state index < -0.39 is 26.5 Å². The normalized spacial score (nSPS) is 11.3. The largest absolute Gasteiger partial charge is 0.478 e. The molecule has 0 heterocycles. The molecule has 1 rings (SSSR count). The van der Waals surface area contributed by atoms with Crippen LogP contribution in [0.5, 0.6) is 0 Å². The molecule has 0 amide bonds. The van der Waals surface area contributed by atoms with Gasteiger partial charge >= 0.3 is 5.97 Å². The fraction of sp³-hybridized carbons (Fsp3) is 0. The Morgan fingerprint density at radius 1 is 1.36 bits per heavy atom. The highest BCUT2D eigenvalue weighted by Gasteiger charge is 2.22. The molecule has 0 bridgehead atoms. The van der Waals surface area contributed by atoms with Gasteiger partial charge in [-0.15, -0.1) is 0 Å². The lowest BCUT2D eigenvalue weighted by molar-refractivity contribution is 0.0692. The molecule has 0 saturated heterocycles. The topological polar surface area (TPSA) is 91.7 Å². The molecule has 2 N–H and O–H groups in total. The number of carboxylic acid groups (broad SMARTS) is 1. The zero-order chi connectivity index (χ0) is 10.9. The van der Waals surface area contributed by atoms with Crippen LogP contribution in [0.2, 0.25) is 5.02 Å². The Labute approximate surface area is 84.7 Å². The highest BCUT2D eigenvalue weighted by molar-refractivity contribution is 7.86. The van der Waals surface area contributed by atoms with Gasteiger partial charge in [-0.25, -0.2) is 4.79 Å². The molecule has 7 heteroatoms. The summed E-state index contributed by atoms with van der Waals surface area (Å²) in [5, 5.41) is 8.41. The van der Waals surface area contributed by atoms with E-state index in [0.29, 0.717) is 0 Å². The van der Waals surface area contributed by atoms with Crippen molar-refractivity contribution in [3.63, 3.8) is 0 Å². The van der Waals surface area contributed by atoms with E-state index in [0.717, 1.165) is 6.07 Å². The van der Waals surface area contributed by atoms with Gasteiger partial charge in [-0.1, -0.05) is 17.7 Å². The van der Waals surface area contributed by atoms with E-state index in [1.807, 2.05) is 0 Å². The highest BCUT2D eigenvalue weighted by atomic mass is 35.5. The van der Waals surface area contributed by atoms with E-state index >= 15 is 0 Å². The molecule has 5 nitrogen and oxygen atoms in total. The van der Waals surface area contributed by atoms with Crippen LogP contribution in [0.4, 0.5) is 0 Å². The molecule has 76 valence electrons. The molecular formula is C7H5ClO5S. The molecule has 0 saturated carbocycles. The van der Waals surface area contributed by atoms with Crippen molar-refractivity contribution in [2.45, 2.75) is 4.90 Å². The summed E-state index contributed by atoms with van der Waals surface area (Å²) < 4.78 is 30.2. The first-order chi connectivity index (χ1) is 6.34. The molecule has 0 aliphatic heterocycles. The summed E-state index contributed by atoms with van der Waals surface area (Å²) in [5.41, 5.74) is -0.628. The summed E-state index contributed by atoms with van der Waals surface area (Å²) in [6.07, 6.45) is 0. The Balaban J connectivity index is 3.61. The number of hydrogen-bond donors (Lipinski definition) is 2. The standard InChI is InChI=1S/C7H5ClO5S/c8-4-2-1-3-5(14(11,12)13)6(4)7(9)10/h1-3H,(H,9,10)(H,11,12,13). The van der Waals surface area contributed by atoms with Crippen molar-refractivity contribution in [2.24, 2.45) is 0 Å². The number of aromatic carboxylic acids is 1. The van der Waals surface area contributed by atoms with E-state index in [4.69, 9.17) is 21.3 Å². The molecule has 1 aromatic carbocycles. The van der Waals surface area contributed by atoms with Crippen molar-refractivity contribution in [1.82, 2.24) is 0 Å². The van der Waals surface area contributed by atoms with Crippen molar-refractivity contribution in [3.05, 3.63) is 28.8 Å². The molecule has 0 aliphatic carbocycles. The van der Waals surface area contributed by atoms with Crippen LogP contribution in [-0.2, 0) is 10.1 Å². The fourth-order valence-electron chi connectivity index (χ4n) is 0.927. The maximum Gasteiger partial charge on any atom is 0.338 e. The zero-order valence-corrected chi connectivity index (χ0v) is 8.21. The van der Waals surface area contributed by atoms with Crippen LogP contribution in [0.15, 0.2) is 23.1 Å². The van der Waals surface area contributed by atoms with Crippen LogP contribution >= 0.6 is 11.6 Å². The van der Waals surface area contributed by atoms with Gasteiger partial charge in [-0.3, -0.25) is 4.55 Å². The molecule has 0 fully saturated rings. The van der Waals surface area contributed by atoms with E-state index in [2.05, 4.69) is 0 Å². The third-order valence-corrected chi connectivity index (χ3v) is 2.68. The highest BCUT2D eigenvalue weighted by Crippen LogP contribution is 2.23. The molecule has 0 unspecified atom stereocenters. The van der Waals surface area contributed by atoms with Crippen LogP contribution in [-0.4, -0.2) is 24.0 Å². The van der Waals surface area contributed by atoms with Gasteiger partial charge in [0, 0.05) is 0 Å². The monoisotopic (exact) mass is 236 g/mol. The number of benzene rings is 1. The van der Waals surface area contributed by atoms with Crippen LogP contribution in [0.25, 0.3) is 0 Å². The molecule has 0 atom stereocenters. The van der Waals surface area contributed by atoms with Crippen molar-refractivity contribution in [3.8, 4) is 0 Å². The number of hydrogen-bond acceptors (Lipinski definition) is 3. The van der Waals surface area contributed by atoms with Crippen LogP contribution in [0.3, 0.4) is 0 Å². The minimum absolute atomic E-state index is 0.243. The predicted molar refractivity (Wildman–Crippen MR) is 48.2 cm³/mol. The first-order valence-electron chi connectivity index (χ1n) is 3.33. The Morgan fingerprint density at radius 3 is 2.29 bits per heavy atom. The fourth-order valence-corrected chi connectivity index (χ4v) is 1.94. The molecule has 14 heavy (non-hydrogen) atoms. The minimum atomic E-state index is -4.57. The second-order valence-corrected chi connectivity index (χ2v) is 4.19. The Kier molecular flexibility index (Phi) is 2.79. The summed E-state index contributed by atoms with van der Waals surface area (Å²) in [7, 11) is -4.57. The van der Waals surface area contributed by atoms with Crippen LogP contribution < -0.4 is 0 Å². The Bertz CT molecular complexity index is 479. The second kappa shape index (κ2) is 3.56. The maximum atomic E-state index is 10.7. The van der Waals surface area contributed by atoms with E-state index in [1.54, 1.807) is 0 Å². The summed E-state index contributed by atoms with van der Waals surface area (Å²) in [6.45, 7) is 0.